The fraction of sp³-hybridized carbons (Fsp3) is 0.178. The summed E-state index contributed by atoms with van der Waals surface area (Å²) in [6, 6.07) is 125. The van der Waals surface area contributed by atoms with Gasteiger partial charge in [-0.05, 0) is 120 Å². The summed E-state index contributed by atoms with van der Waals surface area (Å²) in [5, 5.41) is 16.6. The first-order valence-corrected chi connectivity index (χ1v) is 39.1. The van der Waals surface area contributed by atoms with Gasteiger partial charge in [-0.3, -0.25) is 9.80 Å². The van der Waals surface area contributed by atoms with Gasteiger partial charge in [0.2, 0.25) is 0 Å². The average molecular weight is 1390 g/mol. The molecular weight excluding hydrogens is 1300 g/mol. The first-order chi connectivity index (χ1) is 49.9. The van der Waals surface area contributed by atoms with Crippen LogP contribution >= 0.6 is 24.4 Å². The summed E-state index contributed by atoms with van der Waals surface area (Å²) in [7, 11) is 0.213. The second kappa shape index (κ2) is 40.0. The molecule has 0 aliphatic carbocycles. The molecule has 2 aliphatic heterocycles. The van der Waals surface area contributed by atoms with Gasteiger partial charge in [-0.25, -0.2) is 20.2 Å². The van der Waals surface area contributed by atoms with Crippen LogP contribution in [0.4, 0.5) is 9.59 Å². The fourth-order valence-corrected chi connectivity index (χ4v) is 19.0. The molecule has 12 heteroatoms. The summed E-state index contributed by atoms with van der Waals surface area (Å²) in [5.74, 6) is 0. The van der Waals surface area contributed by atoms with E-state index < -0.39 is 15.8 Å². The van der Waals surface area contributed by atoms with Crippen molar-refractivity contribution in [2.75, 3.05) is 25.5 Å². The van der Waals surface area contributed by atoms with Crippen LogP contribution in [0.2, 0.25) is 0 Å². The molecule has 0 unspecified atom stereocenters. The topological polar surface area (TPSA) is 83.1 Å². The zero-order chi connectivity index (χ0) is 68.9. The molecule has 14 rings (SSSR count). The van der Waals surface area contributed by atoms with Crippen molar-refractivity contribution in [3.05, 3.63) is 396 Å². The zero-order valence-corrected chi connectivity index (χ0v) is 60.8. The number of rotatable bonds is 28. The van der Waals surface area contributed by atoms with Crippen molar-refractivity contribution in [1.82, 2.24) is 20.4 Å². The van der Waals surface area contributed by atoms with E-state index in [-0.39, 0.29) is 43.1 Å². The molecule has 2 saturated heterocycles. The van der Waals surface area contributed by atoms with Gasteiger partial charge in [0, 0.05) is 38.3 Å². The summed E-state index contributed by atoms with van der Waals surface area (Å²) in [6.45, 7) is 3.30. The minimum atomic E-state index is -0.535. The quantitative estimate of drug-likeness (QED) is 0.0376. The van der Waals surface area contributed by atoms with E-state index in [0.717, 1.165) is 62.2 Å². The molecule has 2 fully saturated rings. The third-order valence-electron chi connectivity index (χ3n) is 18.4. The molecule has 2 amide bonds. The Morgan fingerprint density at radius 3 is 0.892 bits per heavy atom. The van der Waals surface area contributed by atoms with Gasteiger partial charge in [0.25, 0.3) is 0 Å². The minimum Gasteiger partial charge on any atom is -0.472 e. The minimum absolute atomic E-state index is 0. The monoisotopic (exact) mass is 1390 g/mol. The molecule has 508 valence electrons. The molecule has 12 aromatic carbocycles. The molecule has 0 bridgehead atoms. The third-order valence-corrected chi connectivity index (χ3v) is 24.8. The number of hydrogen-bond donors (Lipinski definition) is 2. The van der Waals surface area contributed by atoms with Crippen LogP contribution in [0, 0.1) is 0 Å². The Hall–Kier alpha value is -9.01. The van der Waals surface area contributed by atoms with Gasteiger partial charge in [0.1, 0.15) is 13.2 Å². The molecule has 2 heterocycles. The zero-order valence-electron chi connectivity index (χ0n) is 58.2. The van der Waals surface area contributed by atoms with Crippen molar-refractivity contribution in [3.8, 4) is 0 Å². The smallest absolute Gasteiger partial charge is 0.472 e. The van der Waals surface area contributed by atoms with E-state index in [1.807, 2.05) is 72.8 Å². The molecule has 0 saturated carbocycles. The van der Waals surface area contributed by atoms with Crippen LogP contribution in [0.3, 0.4) is 0 Å². The molecule has 0 spiro atoms. The van der Waals surface area contributed by atoms with E-state index in [2.05, 4.69) is 290 Å². The van der Waals surface area contributed by atoms with Crippen LogP contribution in [0.1, 0.15) is 44.5 Å². The first kappa shape index (κ1) is 74.2. The van der Waals surface area contributed by atoms with E-state index in [1.165, 1.54) is 73.8 Å². The Morgan fingerprint density at radius 2 is 0.588 bits per heavy atom. The summed E-state index contributed by atoms with van der Waals surface area (Å²) in [6.07, 6.45) is 5.01. The fourth-order valence-electron chi connectivity index (χ4n) is 13.1. The van der Waals surface area contributed by atoms with Crippen molar-refractivity contribution in [1.29, 1.82) is 0 Å². The molecule has 2 N–H and O–H groups in total. The number of cyclic esters (lactones) is 2. The van der Waals surface area contributed by atoms with Crippen LogP contribution in [0.15, 0.2) is 352 Å². The second-order valence-electron chi connectivity index (χ2n) is 25.5. The van der Waals surface area contributed by atoms with Gasteiger partial charge in [0.05, 0.1) is 12.1 Å². The van der Waals surface area contributed by atoms with Gasteiger partial charge in [-0.15, -0.1) is 0 Å². The number of ether oxygens (including phenoxy) is 2. The molecule has 0 aromatic heterocycles. The number of carbonyl (C=O) groups excluding carboxylic acids is 2. The Morgan fingerprint density at radius 1 is 0.333 bits per heavy atom. The Kier molecular flexibility index (Phi) is 29.1. The number of hydrogen-bond acceptors (Lipinski definition) is 6. The van der Waals surface area contributed by atoms with Crippen molar-refractivity contribution >= 4 is 68.4 Å². The Labute approximate surface area is 620 Å². The Bertz CT molecular complexity index is 4020. The number of benzene rings is 12. The van der Waals surface area contributed by atoms with Crippen LogP contribution in [0.25, 0.3) is 0 Å². The van der Waals surface area contributed by atoms with Crippen molar-refractivity contribution in [3.63, 3.8) is 0 Å². The number of amides is 2. The standard InChI is InChI=1S/C50H50N2P2.C28H28N2O4.C12H10P.Li/c1-7-21-41(22-8-1)35-45(39-53(47-27-11-3-12-28-47)48-29-13-4-14-30-48)51-37-43-25-19-20-26-44(43)38-52-46(36-42-23-9-2-10-24-42)40-54(49-31-15-5-16-32-49)50-33-17-6-18-34-50;31-27-29(25(19-33-27)15-21-9-3-1-4-10-21)17-23-13-7-8-14-24(23)18-30-26(20-34-28(30)32)16-22-11-5-2-6-12-22;1-3-7-11(8-4-1)13-12-9-5-2-6-10-12;/h1-34,45-46,51-52H,35-40H2;1-14,25-26H,15-20H2;1-10H;/q;;-1;+1/t45-,46-;25-,26-;;/m00../s1. The van der Waals surface area contributed by atoms with E-state index >= 15 is 0 Å². The van der Waals surface area contributed by atoms with E-state index in [0.29, 0.717) is 38.4 Å². The molecule has 12 aromatic rings. The van der Waals surface area contributed by atoms with E-state index in [4.69, 9.17) is 9.47 Å². The van der Waals surface area contributed by atoms with Crippen LogP contribution < -0.4 is 61.3 Å². The summed E-state index contributed by atoms with van der Waals surface area (Å²) >= 11 is 0. The summed E-state index contributed by atoms with van der Waals surface area (Å²) in [4.78, 5) is 28.7. The van der Waals surface area contributed by atoms with Crippen molar-refractivity contribution in [2.45, 2.75) is 76.0 Å². The van der Waals surface area contributed by atoms with Gasteiger partial charge in [0.15, 0.2) is 0 Å². The van der Waals surface area contributed by atoms with E-state index in [1.54, 1.807) is 9.80 Å². The molecule has 8 nitrogen and oxygen atoms in total. The largest absolute Gasteiger partial charge is 1.00 e. The van der Waals surface area contributed by atoms with Gasteiger partial charge in [-0.1, -0.05) is 352 Å². The maximum absolute atomic E-state index is 12.6. The molecule has 0 radical (unpaired) electrons. The van der Waals surface area contributed by atoms with Gasteiger partial charge >= 0.3 is 31.0 Å². The average Bonchev–Trinajstić information content (AvgIpc) is 1.60. The maximum atomic E-state index is 12.6. The predicted molar refractivity (Wildman–Crippen MR) is 423 cm³/mol. The number of carbonyl (C=O) groups is 2. The maximum Gasteiger partial charge on any atom is 1.00 e. The molecule has 2 aliphatic rings. The van der Waals surface area contributed by atoms with Gasteiger partial charge < -0.3 is 28.7 Å². The summed E-state index contributed by atoms with van der Waals surface area (Å²) in [5.41, 5.74) is 9.84. The number of nitrogens with zero attached hydrogens (tertiary/aromatic N) is 2. The normalized spacial score (nSPS) is 14.5. The van der Waals surface area contributed by atoms with Crippen molar-refractivity contribution in [2.24, 2.45) is 0 Å². The Balaban J connectivity index is 0.000000184. The van der Waals surface area contributed by atoms with Crippen LogP contribution in [-0.2, 0) is 61.3 Å². The second-order valence-corrected chi connectivity index (χ2v) is 31.3. The summed E-state index contributed by atoms with van der Waals surface area (Å²) < 4.78 is 10.8. The SMILES string of the molecule is O=C1OC[C@H](Cc2ccccc2)N1Cc1ccccc1CN1C(=O)OC[C@@H]1Cc1ccccc1.[Li+].c1ccc(C[C@@H](CP(c2ccccc2)c2ccccc2)NCc2ccccc2CN[C@@H](Cc2ccccc2)CP(c2ccccc2)c2ccccc2)cc1.c1ccc([P-]c2ccccc2)cc1. The molecule has 4 atom stereocenters. The molecular formula is C90H88LiN4O4P3. The molecule has 102 heavy (non-hydrogen) atoms. The van der Waals surface area contributed by atoms with Crippen LogP contribution in [-0.4, -0.2) is 71.7 Å². The van der Waals surface area contributed by atoms with Crippen molar-refractivity contribution < 1.29 is 37.9 Å². The predicted octanol–water partition coefficient (Wildman–Crippen LogP) is 13.8. The third kappa shape index (κ3) is 22.5. The number of nitrogens with one attached hydrogen (secondary N) is 2. The van der Waals surface area contributed by atoms with Gasteiger partial charge in [-0.2, -0.15) is 0 Å². The van der Waals surface area contributed by atoms with E-state index in [9.17, 15) is 9.59 Å². The first-order valence-electron chi connectivity index (χ1n) is 35.1. The van der Waals surface area contributed by atoms with Crippen LogP contribution in [0.5, 0.6) is 0 Å².